The first-order valence-corrected chi connectivity index (χ1v) is 15.6. The summed E-state index contributed by atoms with van der Waals surface area (Å²) < 4.78 is 0. The van der Waals surface area contributed by atoms with Gasteiger partial charge >= 0.3 is 0 Å². The van der Waals surface area contributed by atoms with E-state index in [0.717, 1.165) is 46.4 Å². The van der Waals surface area contributed by atoms with Gasteiger partial charge in [-0.25, -0.2) is 0 Å². The Morgan fingerprint density at radius 3 is 1.53 bits per heavy atom. The van der Waals surface area contributed by atoms with E-state index in [-0.39, 0.29) is 32.3 Å². The molecule has 0 amide bonds. The van der Waals surface area contributed by atoms with Gasteiger partial charge in [-0.15, -0.1) is 71.8 Å². The molecule has 2 atom stereocenters. The predicted octanol–water partition coefficient (Wildman–Crippen LogP) is 9.49. The van der Waals surface area contributed by atoms with Crippen molar-refractivity contribution in [2.45, 2.75) is 64.6 Å². The molecule has 0 saturated heterocycles. The Bertz CT molecular complexity index is 1560. The molecule has 2 unspecified atom stereocenters. The molecule has 0 aliphatic rings. The SMILES string of the molecule is CCCCCCC(O)CC(C)O.[Ir].[c-]1ccccc1-c1ccc2ccccc2n1.[c-]1ccccc1-c1ccc2ccccc2n1. The summed E-state index contributed by atoms with van der Waals surface area (Å²) in [4.78, 5) is 9.23. The number of hydrogen-bond donors (Lipinski definition) is 2. The largest absolute Gasteiger partial charge is 0.393 e. The maximum atomic E-state index is 9.36. The first kappa shape index (κ1) is 35.7. The van der Waals surface area contributed by atoms with E-state index in [1.165, 1.54) is 30.0 Å². The molecule has 2 N–H and O–H groups in total. The number of benzene rings is 4. The molecule has 0 fully saturated rings. The number of aromatic nitrogens is 2. The van der Waals surface area contributed by atoms with Crippen LogP contribution in [0.15, 0.2) is 121 Å². The van der Waals surface area contributed by atoms with E-state index in [9.17, 15) is 5.11 Å². The van der Waals surface area contributed by atoms with Crippen molar-refractivity contribution in [3.05, 3.63) is 133 Å². The molecular formula is C40H42IrN2O2-2. The number of fused-ring (bicyclic) bond motifs is 2. The van der Waals surface area contributed by atoms with E-state index in [2.05, 4.69) is 53.3 Å². The van der Waals surface area contributed by atoms with Crippen LogP contribution in [-0.4, -0.2) is 32.4 Å². The van der Waals surface area contributed by atoms with E-state index in [4.69, 9.17) is 5.11 Å². The van der Waals surface area contributed by atoms with Crippen LogP contribution in [0.3, 0.4) is 0 Å². The Morgan fingerprint density at radius 1 is 0.600 bits per heavy atom. The molecule has 2 aromatic heterocycles. The minimum Gasteiger partial charge on any atom is -0.393 e. The summed E-state index contributed by atoms with van der Waals surface area (Å²) in [5.74, 6) is 0. The molecule has 0 spiro atoms. The standard InChI is InChI=1S/2C15H10N.C10H22O2.Ir/c2*1-2-6-12(7-3-1)15-11-10-13-8-4-5-9-14(13)16-15;1-3-4-5-6-7-10(12)8-9(2)11;/h2*1-6,8-11H;9-12H,3-8H2,1-2H3;/q2*-1;;. The maximum Gasteiger partial charge on any atom is 0.0595 e. The van der Waals surface area contributed by atoms with Gasteiger partial charge in [-0.1, -0.05) is 93.3 Å². The zero-order valence-corrected chi connectivity index (χ0v) is 28.5. The van der Waals surface area contributed by atoms with Crippen LogP contribution < -0.4 is 0 Å². The fraction of sp³-hybridized carbons (Fsp3) is 0.250. The van der Waals surface area contributed by atoms with Crippen molar-refractivity contribution in [1.82, 2.24) is 9.97 Å². The van der Waals surface area contributed by atoms with Gasteiger partial charge in [0.1, 0.15) is 0 Å². The fourth-order valence-electron chi connectivity index (χ4n) is 4.86. The first-order chi connectivity index (χ1) is 21.5. The van der Waals surface area contributed by atoms with Crippen LogP contribution in [-0.2, 0) is 20.1 Å². The Labute approximate surface area is 281 Å². The Kier molecular flexibility index (Phi) is 15.6. The van der Waals surface area contributed by atoms with E-state index in [1.807, 2.05) is 97.1 Å². The molecule has 1 radical (unpaired) electrons. The van der Waals surface area contributed by atoms with E-state index in [0.29, 0.717) is 6.42 Å². The zero-order valence-electron chi connectivity index (χ0n) is 26.1. The summed E-state index contributed by atoms with van der Waals surface area (Å²) in [6, 6.07) is 46.7. The van der Waals surface area contributed by atoms with Crippen molar-refractivity contribution in [2.24, 2.45) is 0 Å². The number of nitrogens with zero attached hydrogens (tertiary/aromatic N) is 2. The van der Waals surface area contributed by atoms with Crippen molar-refractivity contribution in [1.29, 1.82) is 0 Å². The van der Waals surface area contributed by atoms with Crippen molar-refractivity contribution >= 4 is 21.8 Å². The average molecular weight is 775 g/mol. The number of aliphatic hydroxyl groups is 2. The first-order valence-electron chi connectivity index (χ1n) is 15.6. The zero-order chi connectivity index (χ0) is 31.0. The number of rotatable bonds is 9. The van der Waals surface area contributed by atoms with Gasteiger partial charge in [-0.2, -0.15) is 0 Å². The molecule has 6 aromatic rings. The number of aliphatic hydroxyl groups excluding tert-OH is 2. The van der Waals surface area contributed by atoms with Crippen LogP contribution in [0.5, 0.6) is 0 Å². The van der Waals surface area contributed by atoms with Crippen LogP contribution in [0.4, 0.5) is 0 Å². The second-order valence-corrected chi connectivity index (χ2v) is 10.9. The monoisotopic (exact) mass is 775 g/mol. The van der Waals surface area contributed by atoms with Crippen molar-refractivity contribution in [2.75, 3.05) is 0 Å². The van der Waals surface area contributed by atoms with Crippen molar-refractivity contribution in [3.8, 4) is 22.5 Å². The summed E-state index contributed by atoms with van der Waals surface area (Å²) in [6.45, 7) is 3.89. The van der Waals surface area contributed by atoms with Crippen LogP contribution in [0.1, 0.15) is 52.4 Å². The molecular weight excluding hydrogens is 733 g/mol. The molecule has 0 bridgehead atoms. The topological polar surface area (TPSA) is 66.2 Å². The van der Waals surface area contributed by atoms with Gasteiger partial charge in [0.15, 0.2) is 0 Å². The molecule has 4 aromatic carbocycles. The van der Waals surface area contributed by atoms with Gasteiger partial charge < -0.3 is 10.2 Å². The number of para-hydroxylation sites is 2. The number of unbranched alkanes of at least 4 members (excludes halogenated alkanes) is 3. The molecule has 0 aliphatic heterocycles. The van der Waals surface area contributed by atoms with Crippen LogP contribution >= 0.6 is 0 Å². The van der Waals surface area contributed by atoms with Crippen LogP contribution in [0.2, 0.25) is 0 Å². The van der Waals surface area contributed by atoms with E-state index < -0.39 is 0 Å². The van der Waals surface area contributed by atoms with Crippen molar-refractivity contribution < 1.29 is 30.3 Å². The predicted molar refractivity (Wildman–Crippen MR) is 183 cm³/mol. The number of hydrogen-bond acceptors (Lipinski definition) is 4. The molecule has 0 aliphatic carbocycles. The van der Waals surface area contributed by atoms with Gasteiger partial charge in [0.2, 0.25) is 0 Å². The maximum absolute atomic E-state index is 9.36. The Morgan fingerprint density at radius 2 is 1.09 bits per heavy atom. The molecule has 235 valence electrons. The minimum atomic E-state index is -0.369. The molecule has 2 heterocycles. The summed E-state index contributed by atoms with van der Waals surface area (Å²) in [5, 5.41) is 20.7. The fourth-order valence-corrected chi connectivity index (χ4v) is 4.86. The normalized spacial score (nSPS) is 11.7. The molecule has 5 heteroatoms. The average Bonchev–Trinajstić information content (AvgIpc) is 3.07. The number of pyridine rings is 2. The van der Waals surface area contributed by atoms with Gasteiger partial charge in [-0.05, 0) is 54.1 Å². The summed E-state index contributed by atoms with van der Waals surface area (Å²) in [5.41, 5.74) is 6.06. The third-order valence-electron chi connectivity index (χ3n) is 7.17. The Balaban J connectivity index is 0.000000185. The van der Waals surface area contributed by atoms with Gasteiger partial charge in [-0.3, -0.25) is 9.97 Å². The van der Waals surface area contributed by atoms with Crippen molar-refractivity contribution in [3.63, 3.8) is 0 Å². The summed E-state index contributed by atoms with van der Waals surface area (Å²) >= 11 is 0. The van der Waals surface area contributed by atoms with Gasteiger partial charge in [0, 0.05) is 20.1 Å². The summed E-state index contributed by atoms with van der Waals surface area (Å²) in [6.07, 6.45) is 5.45. The van der Waals surface area contributed by atoms with E-state index >= 15 is 0 Å². The minimum absolute atomic E-state index is 0. The summed E-state index contributed by atoms with van der Waals surface area (Å²) in [7, 11) is 0. The van der Waals surface area contributed by atoms with Gasteiger partial charge in [0.05, 0.1) is 23.2 Å². The van der Waals surface area contributed by atoms with Crippen LogP contribution in [0, 0.1) is 12.1 Å². The second-order valence-electron chi connectivity index (χ2n) is 10.9. The van der Waals surface area contributed by atoms with Crippen LogP contribution in [0.25, 0.3) is 44.3 Å². The molecule has 0 saturated carbocycles. The van der Waals surface area contributed by atoms with Gasteiger partial charge in [0.25, 0.3) is 0 Å². The third-order valence-corrected chi connectivity index (χ3v) is 7.17. The molecule has 45 heavy (non-hydrogen) atoms. The Hall–Kier alpha value is -3.73. The smallest absolute Gasteiger partial charge is 0.0595 e. The third kappa shape index (κ3) is 11.9. The molecule has 6 rings (SSSR count). The second kappa shape index (κ2) is 19.6. The van der Waals surface area contributed by atoms with E-state index in [1.54, 1.807) is 6.92 Å². The molecule has 4 nitrogen and oxygen atoms in total. The quantitative estimate of drug-likeness (QED) is 0.114.